The molecule has 3 atom stereocenters. The highest BCUT2D eigenvalue weighted by Crippen LogP contribution is 2.35. The van der Waals surface area contributed by atoms with Gasteiger partial charge >= 0.3 is 19.8 Å². The molecular formula is C31H55O10P. The fourth-order valence-corrected chi connectivity index (χ4v) is 4.25. The standard InChI is InChI=1S/C31H55O10P/c1-3-5-7-9-10-11-12-13-14-15-17-18-21-28(32)29(33)22-20-24-30(34)39-25-27(26-40-42(36,37)38)41-31(35)23-19-16-8-6-4-2/h10-11,13-14,17-18,27-29,32-33H,3-9,12,15-16,19-26H2,1-2H3,(H2,36,37,38)/b11-10-,14-13-,18-17-/t27-,28?,29?/m1/s1. The fourth-order valence-electron chi connectivity index (χ4n) is 3.88. The van der Waals surface area contributed by atoms with E-state index in [2.05, 4.69) is 42.7 Å². The van der Waals surface area contributed by atoms with Crippen molar-refractivity contribution in [2.24, 2.45) is 0 Å². The van der Waals surface area contributed by atoms with E-state index in [4.69, 9.17) is 19.3 Å². The van der Waals surface area contributed by atoms with Gasteiger partial charge in [-0.3, -0.25) is 14.1 Å². The summed E-state index contributed by atoms with van der Waals surface area (Å²) < 4.78 is 25.8. The van der Waals surface area contributed by atoms with Crippen LogP contribution in [0.5, 0.6) is 0 Å². The van der Waals surface area contributed by atoms with Crippen molar-refractivity contribution in [3.63, 3.8) is 0 Å². The Labute approximate surface area is 252 Å². The van der Waals surface area contributed by atoms with Gasteiger partial charge in [0.15, 0.2) is 6.10 Å². The van der Waals surface area contributed by atoms with Crippen molar-refractivity contribution in [2.75, 3.05) is 13.2 Å². The summed E-state index contributed by atoms with van der Waals surface area (Å²) in [5.74, 6) is -1.19. The molecule has 2 unspecified atom stereocenters. The average molecular weight is 619 g/mol. The zero-order valence-electron chi connectivity index (χ0n) is 25.6. The van der Waals surface area contributed by atoms with Crippen LogP contribution in [0.25, 0.3) is 0 Å². The van der Waals surface area contributed by atoms with Crippen molar-refractivity contribution in [1.29, 1.82) is 0 Å². The molecule has 0 aromatic heterocycles. The SMILES string of the molecule is CCCCC/C=C\C/C=C\C/C=C\CC(O)C(O)CCCC(=O)OC[C@H](COP(=O)(O)O)OC(=O)CCCCCCC. The smallest absolute Gasteiger partial charge is 0.462 e. The van der Waals surface area contributed by atoms with Crippen LogP contribution in [0.4, 0.5) is 0 Å². The van der Waals surface area contributed by atoms with Crippen LogP contribution in [0.2, 0.25) is 0 Å². The molecular weight excluding hydrogens is 563 g/mol. The molecule has 0 aromatic carbocycles. The van der Waals surface area contributed by atoms with Gasteiger partial charge in [-0.2, -0.15) is 0 Å². The van der Waals surface area contributed by atoms with Gasteiger partial charge in [0.1, 0.15) is 6.61 Å². The third-order valence-corrected chi connectivity index (χ3v) is 6.85. The highest BCUT2D eigenvalue weighted by atomic mass is 31.2. The number of hydrogen-bond donors (Lipinski definition) is 4. The van der Waals surface area contributed by atoms with Crippen molar-refractivity contribution < 1.29 is 48.2 Å². The number of aliphatic hydroxyl groups is 2. The molecule has 0 saturated carbocycles. The zero-order valence-corrected chi connectivity index (χ0v) is 26.5. The number of carbonyl (C=O) groups excluding carboxylic acids is 2. The Morgan fingerprint density at radius 3 is 1.98 bits per heavy atom. The number of rotatable bonds is 27. The summed E-state index contributed by atoms with van der Waals surface area (Å²) in [4.78, 5) is 42.1. The highest BCUT2D eigenvalue weighted by Gasteiger charge is 2.23. The molecule has 0 heterocycles. The maximum absolute atomic E-state index is 12.1. The van der Waals surface area contributed by atoms with Gasteiger partial charge in [0, 0.05) is 12.8 Å². The molecule has 0 aliphatic rings. The van der Waals surface area contributed by atoms with Crippen molar-refractivity contribution in [1.82, 2.24) is 0 Å². The Balaban J connectivity index is 4.27. The summed E-state index contributed by atoms with van der Waals surface area (Å²) in [5.41, 5.74) is 0. The minimum Gasteiger partial charge on any atom is -0.462 e. The van der Waals surface area contributed by atoms with Crippen molar-refractivity contribution in [2.45, 2.75) is 135 Å². The fraction of sp³-hybridized carbons (Fsp3) is 0.742. The molecule has 0 saturated heterocycles. The first-order valence-electron chi connectivity index (χ1n) is 15.4. The maximum Gasteiger partial charge on any atom is 0.469 e. The Kier molecular flexibility index (Phi) is 25.6. The van der Waals surface area contributed by atoms with Crippen LogP contribution >= 0.6 is 7.82 Å². The Morgan fingerprint density at radius 1 is 0.714 bits per heavy atom. The summed E-state index contributed by atoms with van der Waals surface area (Å²) in [6, 6.07) is 0. The molecule has 0 amide bonds. The monoisotopic (exact) mass is 618 g/mol. The summed E-state index contributed by atoms with van der Waals surface area (Å²) >= 11 is 0. The van der Waals surface area contributed by atoms with Gasteiger partial charge in [-0.05, 0) is 51.4 Å². The van der Waals surface area contributed by atoms with Crippen LogP contribution in [0.3, 0.4) is 0 Å². The number of phosphoric acid groups is 1. The van der Waals surface area contributed by atoms with E-state index in [1.165, 1.54) is 19.3 Å². The lowest BCUT2D eigenvalue weighted by Gasteiger charge is -2.19. The first kappa shape index (κ1) is 40.2. The molecule has 4 N–H and O–H groups in total. The number of aliphatic hydroxyl groups excluding tert-OH is 2. The maximum atomic E-state index is 12.1. The molecule has 0 aliphatic carbocycles. The molecule has 11 heteroatoms. The Morgan fingerprint density at radius 2 is 1.31 bits per heavy atom. The molecule has 42 heavy (non-hydrogen) atoms. The molecule has 244 valence electrons. The predicted molar refractivity (Wildman–Crippen MR) is 163 cm³/mol. The van der Waals surface area contributed by atoms with Crippen LogP contribution in [-0.2, 0) is 28.2 Å². The van der Waals surface area contributed by atoms with E-state index >= 15 is 0 Å². The molecule has 0 spiro atoms. The molecule has 10 nitrogen and oxygen atoms in total. The van der Waals surface area contributed by atoms with E-state index in [-0.39, 0.29) is 25.7 Å². The normalized spacial score (nSPS) is 14.5. The lowest BCUT2D eigenvalue weighted by Crippen LogP contribution is -2.29. The first-order valence-corrected chi connectivity index (χ1v) is 17.0. The van der Waals surface area contributed by atoms with E-state index in [0.717, 1.165) is 44.9 Å². The second-order valence-corrected chi connectivity index (χ2v) is 11.6. The van der Waals surface area contributed by atoms with E-state index < -0.39 is 51.3 Å². The van der Waals surface area contributed by atoms with E-state index in [1.807, 2.05) is 12.2 Å². The van der Waals surface area contributed by atoms with Gasteiger partial charge < -0.3 is 29.5 Å². The number of unbranched alkanes of at least 4 members (excludes halogenated alkanes) is 7. The number of esters is 2. The quantitative estimate of drug-likeness (QED) is 0.0360. The minimum atomic E-state index is -4.80. The highest BCUT2D eigenvalue weighted by molar-refractivity contribution is 7.46. The van der Waals surface area contributed by atoms with Crippen LogP contribution < -0.4 is 0 Å². The molecule has 0 fully saturated rings. The number of ether oxygens (including phenoxy) is 2. The van der Waals surface area contributed by atoms with E-state index in [0.29, 0.717) is 12.8 Å². The van der Waals surface area contributed by atoms with Gasteiger partial charge in [-0.15, -0.1) is 0 Å². The summed E-state index contributed by atoms with van der Waals surface area (Å²) in [7, 11) is -4.80. The van der Waals surface area contributed by atoms with Gasteiger partial charge in [-0.1, -0.05) is 88.8 Å². The molecule has 0 aliphatic heterocycles. The summed E-state index contributed by atoms with van der Waals surface area (Å²) in [6.07, 6.45) is 21.1. The second kappa shape index (κ2) is 26.8. The third kappa shape index (κ3) is 27.0. The topological polar surface area (TPSA) is 160 Å². The van der Waals surface area contributed by atoms with Gasteiger partial charge in [0.2, 0.25) is 0 Å². The lowest BCUT2D eigenvalue weighted by atomic mass is 10.0. The van der Waals surface area contributed by atoms with Gasteiger partial charge in [0.05, 0.1) is 18.8 Å². The minimum absolute atomic E-state index is 0.0467. The number of phosphoric ester groups is 1. The first-order chi connectivity index (χ1) is 20.1. The number of allylic oxidation sites excluding steroid dienone is 5. The Bertz CT molecular complexity index is 821. The second-order valence-electron chi connectivity index (χ2n) is 10.4. The number of hydrogen-bond acceptors (Lipinski definition) is 8. The van der Waals surface area contributed by atoms with Crippen LogP contribution in [0, 0.1) is 0 Å². The predicted octanol–water partition coefficient (Wildman–Crippen LogP) is 6.22. The average Bonchev–Trinajstić information content (AvgIpc) is 2.94. The molecule has 0 rings (SSSR count). The van der Waals surface area contributed by atoms with Crippen LogP contribution in [0.15, 0.2) is 36.5 Å². The summed E-state index contributed by atoms with van der Waals surface area (Å²) in [6.45, 7) is 3.24. The number of carbonyl (C=O) groups is 2. The third-order valence-electron chi connectivity index (χ3n) is 6.36. The molecule has 0 radical (unpaired) electrons. The van der Waals surface area contributed by atoms with Crippen LogP contribution in [-0.4, -0.2) is 63.5 Å². The van der Waals surface area contributed by atoms with Gasteiger partial charge in [0.25, 0.3) is 0 Å². The van der Waals surface area contributed by atoms with Crippen molar-refractivity contribution in [3.05, 3.63) is 36.5 Å². The van der Waals surface area contributed by atoms with Crippen LogP contribution in [0.1, 0.15) is 117 Å². The largest absolute Gasteiger partial charge is 0.469 e. The van der Waals surface area contributed by atoms with E-state index in [1.54, 1.807) is 0 Å². The lowest BCUT2D eigenvalue weighted by molar-refractivity contribution is -0.161. The Hall–Kier alpha value is -1.81. The van der Waals surface area contributed by atoms with Crippen molar-refractivity contribution >= 4 is 19.8 Å². The summed E-state index contributed by atoms with van der Waals surface area (Å²) in [5, 5.41) is 20.3. The molecule has 0 aromatic rings. The van der Waals surface area contributed by atoms with Gasteiger partial charge in [-0.25, -0.2) is 4.57 Å². The zero-order chi connectivity index (χ0) is 31.5. The van der Waals surface area contributed by atoms with Crippen molar-refractivity contribution in [3.8, 4) is 0 Å². The van der Waals surface area contributed by atoms with E-state index in [9.17, 15) is 24.4 Å². The molecule has 0 bridgehead atoms.